The Morgan fingerprint density at radius 3 is 2.37 bits per heavy atom. The van der Waals surface area contributed by atoms with Crippen LogP contribution in [0.2, 0.25) is 0 Å². The lowest BCUT2D eigenvalue weighted by molar-refractivity contribution is -0.117. The van der Waals surface area contributed by atoms with E-state index in [0.717, 1.165) is 59.2 Å². The number of hydrogen-bond donors (Lipinski definition) is 2. The summed E-state index contributed by atoms with van der Waals surface area (Å²) in [5.74, 6) is 0.295. The number of anilines is 1. The first kappa shape index (κ1) is 36.1. The average molecular weight is 635 g/mol. The molecular weight excluding hydrogens is 592 g/mol. The molecule has 12 heteroatoms. The highest BCUT2D eigenvalue weighted by atomic mass is 35.5. The number of nitrogens with zero attached hydrogens (tertiary/aromatic N) is 2. The minimum Gasteiger partial charge on any atom is -0.448 e. The van der Waals surface area contributed by atoms with E-state index in [0.29, 0.717) is 46.1 Å². The first-order chi connectivity index (χ1) is 21.0. The van der Waals surface area contributed by atoms with Gasteiger partial charge in [-0.2, -0.15) is 5.26 Å². The van der Waals surface area contributed by atoms with Gasteiger partial charge in [-0.15, -0.1) is 22.9 Å². The zero-order valence-electron chi connectivity index (χ0n) is 25.1. The number of alkyl carbamates (subject to hydrolysis) is 1. The lowest BCUT2D eigenvalue weighted by atomic mass is 10.1. The molecule has 0 aliphatic heterocycles. The van der Waals surface area contributed by atoms with Crippen molar-refractivity contribution in [1.29, 1.82) is 5.26 Å². The van der Waals surface area contributed by atoms with E-state index in [1.54, 1.807) is 13.2 Å². The van der Waals surface area contributed by atoms with Crippen LogP contribution in [0.5, 0.6) is 0 Å². The number of carbonyl (C=O) groups is 2. The van der Waals surface area contributed by atoms with Crippen LogP contribution < -0.4 is 15.5 Å². The molecule has 0 aliphatic rings. The number of benzene rings is 1. The molecule has 0 saturated carbocycles. The van der Waals surface area contributed by atoms with Crippen molar-refractivity contribution in [2.75, 3.05) is 84.2 Å². The maximum Gasteiger partial charge on any atom is 0.407 e. The van der Waals surface area contributed by atoms with Crippen molar-refractivity contribution in [3.63, 3.8) is 0 Å². The minimum absolute atomic E-state index is 0.0481. The van der Waals surface area contributed by atoms with Crippen LogP contribution in [0.4, 0.5) is 10.5 Å². The van der Waals surface area contributed by atoms with Crippen molar-refractivity contribution in [3.05, 3.63) is 46.8 Å². The summed E-state index contributed by atoms with van der Waals surface area (Å²) in [6, 6.07) is 13.8. The summed E-state index contributed by atoms with van der Waals surface area (Å²) in [6.45, 7) is 4.01. The van der Waals surface area contributed by atoms with Gasteiger partial charge < -0.3 is 34.5 Å². The quantitative estimate of drug-likeness (QED) is 0.0796. The van der Waals surface area contributed by atoms with Crippen molar-refractivity contribution in [2.24, 2.45) is 0 Å². The average Bonchev–Trinajstić information content (AvgIpc) is 3.49. The third-order valence-electron chi connectivity index (χ3n) is 6.18. The number of ether oxygens (including phenoxy) is 4. The predicted octanol–water partition coefficient (Wildman–Crippen LogP) is 5.08. The van der Waals surface area contributed by atoms with E-state index in [2.05, 4.69) is 10.6 Å². The number of nitriles is 1. The van der Waals surface area contributed by atoms with Crippen molar-refractivity contribution in [1.82, 2.24) is 10.6 Å². The van der Waals surface area contributed by atoms with E-state index in [1.165, 1.54) is 11.3 Å². The standard InChI is InChI=1S/C31H43ClN4O6S/c1-36(16-20-42-31(38)35-15-19-41-22-21-40-17-6-4-3-5-13-32)27-9-7-25(8-10-27)29-12-11-28(43-29)23-26(24-33)30(37)34-14-18-39-2/h7-12,23H,3-6,13-22H2,1-2H3,(H,34,37)(H,35,38)/b26-23+. The molecule has 2 N–H and O–H groups in total. The predicted molar refractivity (Wildman–Crippen MR) is 172 cm³/mol. The van der Waals surface area contributed by atoms with Gasteiger partial charge in [0.05, 0.1) is 33.0 Å². The number of rotatable bonds is 22. The molecule has 0 spiro atoms. The van der Waals surface area contributed by atoms with Gasteiger partial charge in [0, 0.05) is 55.2 Å². The molecule has 2 aromatic rings. The third-order valence-corrected chi connectivity index (χ3v) is 7.53. The Bertz CT molecular complexity index is 1150. The number of hydrogen-bond acceptors (Lipinski definition) is 9. The van der Waals surface area contributed by atoms with Crippen molar-refractivity contribution in [2.45, 2.75) is 25.7 Å². The van der Waals surface area contributed by atoms with Gasteiger partial charge in [0.25, 0.3) is 5.91 Å². The van der Waals surface area contributed by atoms with Crippen LogP contribution in [0.25, 0.3) is 16.5 Å². The molecule has 0 radical (unpaired) electrons. The number of carbonyl (C=O) groups excluding carboxylic acids is 2. The van der Waals surface area contributed by atoms with Gasteiger partial charge in [0.1, 0.15) is 18.2 Å². The van der Waals surface area contributed by atoms with Crippen molar-refractivity contribution in [3.8, 4) is 16.5 Å². The van der Waals surface area contributed by atoms with E-state index in [-0.39, 0.29) is 12.2 Å². The molecule has 0 aliphatic carbocycles. The van der Waals surface area contributed by atoms with Crippen LogP contribution >= 0.6 is 22.9 Å². The second kappa shape index (κ2) is 22.4. The number of alkyl halides is 1. The molecule has 0 unspecified atom stereocenters. The Morgan fingerprint density at radius 2 is 1.65 bits per heavy atom. The number of nitrogens with one attached hydrogen (secondary N) is 2. The van der Waals surface area contributed by atoms with Crippen molar-refractivity contribution < 1.29 is 28.5 Å². The van der Waals surface area contributed by atoms with Crippen LogP contribution in [-0.4, -0.2) is 91.3 Å². The topological polar surface area (TPSA) is 122 Å². The maximum atomic E-state index is 12.2. The SMILES string of the molecule is COCCNC(=O)/C(C#N)=C/c1ccc(-c2ccc(N(C)CCOC(=O)NCCOCCOCCCCCCCl)cc2)s1. The Balaban J connectivity index is 1.64. The fraction of sp³-hybridized carbons (Fsp3) is 0.516. The number of amides is 2. The van der Waals surface area contributed by atoms with E-state index in [1.807, 2.05) is 54.4 Å². The van der Waals surface area contributed by atoms with Gasteiger partial charge in [-0.1, -0.05) is 25.0 Å². The van der Waals surface area contributed by atoms with Gasteiger partial charge in [-0.3, -0.25) is 4.79 Å². The summed E-state index contributed by atoms with van der Waals surface area (Å²) in [6.07, 6.45) is 5.46. The molecule has 0 fully saturated rings. The maximum absolute atomic E-state index is 12.2. The molecular formula is C31H43ClN4O6S. The summed E-state index contributed by atoms with van der Waals surface area (Å²) < 4.78 is 21.2. The number of unbranched alkanes of at least 4 members (excludes halogenated alkanes) is 3. The fourth-order valence-corrected chi connectivity index (χ4v) is 4.92. The summed E-state index contributed by atoms with van der Waals surface area (Å²) in [7, 11) is 3.48. The molecule has 1 heterocycles. The van der Waals surface area contributed by atoms with Crippen LogP contribution in [-0.2, 0) is 23.7 Å². The van der Waals surface area contributed by atoms with E-state index in [4.69, 9.17) is 30.5 Å². The molecule has 2 amide bonds. The lowest BCUT2D eigenvalue weighted by Gasteiger charge is -2.19. The number of halogens is 1. The summed E-state index contributed by atoms with van der Waals surface area (Å²) >= 11 is 7.15. The second-order valence-corrected chi connectivity index (χ2v) is 11.0. The van der Waals surface area contributed by atoms with Crippen LogP contribution in [0.3, 0.4) is 0 Å². The number of likely N-dealkylation sites (N-methyl/N-ethyl adjacent to an activating group) is 1. The fourth-order valence-electron chi connectivity index (χ4n) is 3.77. The highest BCUT2D eigenvalue weighted by Gasteiger charge is 2.10. The van der Waals surface area contributed by atoms with Gasteiger partial charge in [0.2, 0.25) is 0 Å². The summed E-state index contributed by atoms with van der Waals surface area (Å²) in [5, 5.41) is 14.7. The molecule has 0 atom stereocenters. The second-order valence-electron chi connectivity index (χ2n) is 9.48. The first-order valence-corrected chi connectivity index (χ1v) is 15.8. The van der Waals surface area contributed by atoms with Crippen LogP contribution in [0.1, 0.15) is 30.6 Å². The van der Waals surface area contributed by atoms with Gasteiger partial charge in [0.15, 0.2) is 0 Å². The molecule has 0 bridgehead atoms. The van der Waals surface area contributed by atoms with Gasteiger partial charge >= 0.3 is 6.09 Å². The summed E-state index contributed by atoms with van der Waals surface area (Å²) in [5.41, 5.74) is 2.05. The van der Waals surface area contributed by atoms with E-state index < -0.39 is 12.0 Å². The van der Waals surface area contributed by atoms with E-state index in [9.17, 15) is 14.9 Å². The molecule has 1 aromatic heterocycles. The van der Waals surface area contributed by atoms with Gasteiger partial charge in [-0.05, 0) is 48.7 Å². The molecule has 1 aromatic carbocycles. The molecule has 2 rings (SSSR count). The van der Waals surface area contributed by atoms with Gasteiger partial charge in [-0.25, -0.2) is 4.79 Å². The zero-order chi connectivity index (χ0) is 31.1. The first-order valence-electron chi connectivity index (χ1n) is 14.4. The number of methoxy groups -OCH3 is 1. The lowest BCUT2D eigenvalue weighted by Crippen LogP contribution is -2.31. The Labute approximate surface area is 263 Å². The van der Waals surface area contributed by atoms with Crippen LogP contribution in [0, 0.1) is 11.3 Å². The Morgan fingerprint density at radius 1 is 0.930 bits per heavy atom. The minimum atomic E-state index is -0.477. The molecule has 43 heavy (non-hydrogen) atoms. The number of thiophene rings is 1. The smallest absolute Gasteiger partial charge is 0.407 e. The molecule has 0 saturated heterocycles. The normalized spacial score (nSPS) is 11.2. The monoisotopic (exact) mass is 634 g/mol. The van der Waals surface area contributed by atoms with Crippen molar-refractivity contribution >= 4 is 46.7 Å². The highest BCUT2D eigenvalue weighted by molar-refractivity contribution is 7.16. The Hall–Kier alpha value is -3.14. The largest absolute Gasteiger partial charge is 0.448 e. The zero-order valence-corrected chi connectivity index (χ0v) is 26.6. The van der Waals surface area contributed by atoms with Crippen LogP contribution in [0.15, 0.2) is 42.0 Å². The Kier molecular flexibility index (Phi) is 18.8. The third kappa shape index (κ3) is 15.2. The highest BCUT2D eigenvalue weighted by Crippen LogP contribution is 2.30. The van der Waals surface area contributed by atoms with E-state index >= 15 is 0 Å². The summed E-state index contributed by atoms with van der Waals surface area (Å²) in [4.78, 5) is 27.9. The molecule has 236 valence electrons. The molecule has 10 nitrogen and oxygen atoms in total.